The Labute approximate surface area is 110 Å². The second kappa shape index (κ2) is 6.34. The van der Waals surface area contributed by atoms with E-state index in [1.165, 1.54) is 12.1 Å². The largest absolute Gasteiger partial charge is 0.311 e. The lowest BCUT2D eigenvalue weighted by Gasteiger charge is -2.32. The Bertz CT molecular complexity index is 360. The first-order chi connectivity index (χ1) is 8.72. The molecule has 0 radical (unpaired) electrons. The van der Waals surface area contributed by atoms with E-state index < -0.39 is 0 Å². The first kappa shape index (κ1) is 13.6. The monoisotopic (exact) mass is 250 g/mol. The molecule has 0 aromatic carbocycles. The summed E-state index contributed by atoms with van der Waals surface area (Å²) in [7, 11) is 0. The van der Waals surface area contributed by atoms with Crippen LogP contribution in [0.5, 0.6) is 0 Å². The Hall–Kier alpha value is -0.870. The summed E-state index contributed by atoms with van der Waals surface area (Å²) in [5.74, 6) is 0. The van der Waals surface area contributed by atoms with E-state index in [9.17, 15) is 0 Å². The minimum Gasteiger partial charge on any atom is -0.311 e. The van der Waals surface area contributed by atoms with E-state index in [2.05, 4.69) is 53.0 Å². The van der Waals surface area contributed by atoms with Gasteiger partial charge in [-0.25, -0.2) is 0 Å². The smallest absolute Gasteiger partial charge is 0.0764 e. The van der Waals surface area contributed by atoms with Crippen LogP contribution >= 0.6 is 0 Å². The molecule has 2 atom stereocenters. The molecule has 1 saturated heterocycles. The normalized spacial score (nSPS) is 23.2. The number of piperazine rings is 1. The molecule has 1 aliphatic heterocycles. The van der Waals surface area contributed by atoms with Crippen LogP contribution in [0.1, 0.15) is 45.3 Å². The molecule has 2 unspecified atom stereocenters. The molecule has 2 rings (SSSR count). The van der Waals surface area contributed by atoms with Gasteiger partial charge in [0.25, 0.3) is 0 Å². The summed E-state index contributed by atoms with van der Waals surface area (Å²) in [6, 6.07) is 3.32. The topological polar surface area (TPSA) is 33.1 Å². The zero-order valence-corrected chi connectivity index (χ0v) is 11.9. The van der Waals surface area contributed by atoms with E-state index in [-0.39, 0.29) is 0 Å². The Kier molecular flexibility index (Phi) is 4.78. The van der Waals surface area contributed by atoms with Crippen LogP contribution in [0, 0.1) is 0 Å². The molecule has 1 aromatic heterocycles. The fraction of sp³-hybridized carbons (Fsp3) is 0.786. The highest BCUT2D eigenvalue weighted by Crippen LogP contribution is 2.12. The molecule has 2 heterocycles. The minimum absolute atomic E-state index is 0.505. The van der Waals surface area contributed by atoms with Gasteiger partial charge in [-0.15, -0.1) is 0 Å². The van der Waals surface area contributed by atoms with Gasteiger partial charge in [0, 0.05) is 44.5 Å². The van der Waals surface area contributed by atoms with Crippen molar-refractivity contribution in [3.63, 3.8) is 0 Å². The maximum Gasteiger partial charge on any atom is 0.0764 e. The van der Waals surface area contributed by atoms with Crippen LogP contribution in [0.2, 0.25) is 0 Å². The van der Waals surface area contributed by atoms with Crippen molar-refractivity contribution in [1.82, 2.24) is 20.0 Å². The van der Waals surface area contributed by atoms with Crippen LogP contribution in [0.15, 0.2) is 12.3 Å². The quantitative estimate of drug-likeness (QED) is 0.868. The lowest BCUT2D eigenvalue weighted by Crippen LogP contribution is -2.49. The van der Waals surface area contributed by atoms with E-state index in [0.29, 0.717) is 12.1 Å². The van der Waals surface area contributed by atoms with Crippen LogP contribution in [0.4, 0.5) is 0 Å². The van der Waals surface area contributed by atoms with Gasteiger partial charge in [-0.2, -0.15) is 5.10 Å². The Morgan fingerprint density at radius 2 is 2.33 bits per heavy atom. The molecule has 0 spiro atoms. The summed E-state index contributed by atoms with van der Waals surface area (Å²) in [6.07, 6.45) is 4.45. The number of aromatic nitrogens is 2. The molecular weight excluding hydrogens is 224 g/mol. The van der Waals surface area contributed by atoms with Gasteiger partial charge in [0.05, 0.1) is 5.69 Å². The predicted octanol–water partition coefficient (Wildman–Crippen LogP) is 2.04. The minimum atomic E-state index is 0.505. The number of hydrogen-bond acceptors (Lipinski definition) is 3. The summed E-state index contributed by atoms with van der Waals surface area (Å²) < 4.78 is 2.09. The number of hydrogen-bond donors (Lipinski definition) is 1. The van der Waals surface area contributed by atoms with Crippen LogP contribution in [-0.4, -0.2) is 40.4 Å². The molecule has 102 valence electrons. The fourth-order valence-corrected chi connectivity index (χ4v) is 2.43. The van der Waals surface area contributed by atoms with E-state index in [1.807, 2.05) is 0 Å². The first-order valence-electron chi connectivity index (χ1n) is 7.22. The Morgan fingerprint density at radius 1 is 1.50 bits per heavy atom. The van der Waals surface area contributed by atoms with Gasteiger partial charge in [-0.3, -0.25) is 9.58 Å². The third-order valence-corrected chi connectivity index (χ3v) is 3.92. The SMILES string of the molecule is CCC1CN(Cc2ccn(C(C)CC)n2)CCN1. The van der Waals surface area contributed by atoms with E-state index in [1.54, 1.807) is 0 Å². The molecular formula is C14H26N4. The van der Waals surface area contributed by atoms with Gasteiger partial charge in [0.1, 0.15) is 0 Å². The zero-order valence-electron chi connectivity index (χ0n) is 11.9. The maximum absolute atomic E-state index is 4.68. The molecule has 0 bridgehead atoms. The average Bonchev–Trinajstić information content (AvgIpc) is 2.86. The van der Waals surface area contributed by atoms with Crippen molar-refractivity contribution in [2.45, 2.75) is 52.2 Å². The van der Waals surface area contributed by atoms with Crippen molar-refractivity contribution in [3.8, 4) is 0 Å². The summed E-state index contributed by atoms with van der Waals surface area (Å²) in [4.78, 5) is 2.51. The summed E-state index contributed by atoms with van der Waals surface area (Å²) in [5, 5.41) is 8.23. The summed E-state index contributed by atoms with van der Waals surface area (Å²) in [5.41, 5.74) is 1.20. The summed E-state index contributed by atoms with van der Waals surface area (Å²) >= 11 is 0. The van der Waals surface area contributed by atoms with Gasteiger partial charge in [-0.05, 0) is 25.8 Å². The molecule has 1 fully saturated rings. The molecule has 4 nitrogen and oxygen atoms in total. The second-order valence-electron chi connectivity index (χ2n) is 5.34. The van der Waals surface area contributed by atoms with Crippen molar-refractivity contribution in [2.24, 2.45) is 0 Å². The molecule has 1 aromatic rings. The first-order valence-corrected chi connectivity index (χ1v) is 7.22. The van der Waals surface area contributed by atoms with Crippen LogP contribution in [0.3, 0.4) is 0 Å². The maximum atomic E-state index is 4.68. The van der Waals surface area contributed by atoms with Gasteiger partial charge < -0.3 is 5.32 Å². The predicted molar refractivity (Wildman–Crippen MR) is 74.6 cm³/mol. The molecule has 1 aliphatic rings. The highest BCUT2D eigenvalue weighted by atomic mass is 15.3. The third-order valence-electron chi connectivity index (χ3n) is 3.92. The average molecular weight is 250 g/mol. The van der Waals surface area contributed by atoms with Crippen molar-refractivity contribution in [2.75, 3.05) is 19.6 Å². The van der Waals surface area contributed by atoms with Crippen molar-refractivity contribution in [1.29, 1.82) is 0 Å². The van der Waals surface area contributed by atoms with Gasteiger partial charge in [0.2, 0.25) is 0 Å². The second-order valence-corrected chi connectivity index (χ2v) is 5.34. The highest BCUT2D eigenvalue weighted by molar-refractivity contribution is 5.00. The van der Waals surface area contributed by atoms with Crippen molar-refractivity contribution < 1.29 is 0 Å². The van der Waals surface area contributed by atoms with Crippen molar-refractivity contribution in [3.05, 3.63) is 18.0 Å². The highest BCUT2D eigenvalue weighted by Gasteiger charge is 2.18. The van der Waals surface area contributed by atoms with Crippen LogP contribution < -0.4 is 5.32 Å². The van der Waals surface area contributed by atoms with Crippen LogP contribution in [0.25, 0.3) is 0 Å². The molecule has 1 N–H and O–H groups in total. The van der Waals surface area contributed by atoms with Gasteiger partial charge in [-0.1, -0.05) is 13.8 Å². The van der Waals surface area contributed by atoms with E-state index in [0.717, 1.165) is 32.6 Å². The van der Waals surface area contributed by atoms with E-state index >= 15 is 0 Å². The lowest BCUT2D eigenvalue weighted by molar-refractivity contribution is 0.187. The van der Waals surface area contributed by atoms with Gasteiger partial charge in [0.15, 0.2) is 0 Å². The summed E-state index contributed by atoms with van der Waals surface area (Å²) in [6.45, 7) is 11.0. The van der Waals surface area contributed by atoms with Crippen molar-refractivity contribution >= 4 is 0 Å². The molecule has 0 amide bonds. The number of nitrogens with zero attached hydrogens (tertiary/aromatic N) is 3. The number of rotatable bonds is 5. The lowest BCUT2D eigenvalue weighted by atomic mass is 10.1. The zero-order chi connectivity index (χ0) is 13.0. The molecule has 4 heteroatoms. The third kappa shape index (κ3) is 3.33. The van der Waals surface area contributed by atoms with Crippen LogP contribution in [-0.2, 0) is 6.54 Å². The standard InChI is InChI=1S/C14H26N4/c1-4-12(3)18-8-6-14(16-18)11-17-9-7-15-13(5-2)10-17/h6,8,12-13,15H,4-5,7,9-11H2,1-3H3. The molecule has 18 heavy (non-hydrogen) atoms. The Balaban J connectivity index is 1.90. The number of nitrogens with one attached hydrogen (secondary N) is 1. The Morgan fingerprint density at radius 3 is 3.06 bits per heavy atom. The van der Waals surface area contributed by atoms with E-state index in [4.69, 9.17) is 0 Å². The fourth-order valence-electron chi connectivity index (χ4n) is 2.43. The molecule has 0 saturated carbocycles. The van der Waals surface area contributed by atoms with Gasteiger partial charge >= 0.3 is 0 Å². The molecule has 0 aliphatic carbocycles.